The number of thioether (sulfide) groups is 1. The van der Waals surface area contributed by atoms with Crippen molar-refractivity contribution in [2.24, 2.45) is 0 Å². The first-order valence-corrected chi connectivity index (χ1v) is 6.57. The van der Waals surface area contributed by atoms with Gasteiger partial charge in [0.1, 0.15) is 11.6 Å². The van der Waals surface area contributed by atoms with Gasteiger partial charge in [0.2, 0.25) is 0 Å². The van der Waals surface area contributed by atoms with Crippen molar-refractivity contribution >= 4 is 11.8 Å². The molecule has 0 amide bonds. The topological polar surface area (TPSA) is 26.0 Å². The fourth-order valence-corrected chi connectivity index (χ4v) is 2.76. The van der Waals surface area contributed by atoms with Crippen molar-refractivity contribution in [2.45, 2.75) is 25.4 Å². The Morgan fingerprint density at radius 1 is 1.24 bits per heavy atom. The third kappa shape index (κ3) is 2.88. The lowest BCUT2D eigenvalue weighted by molar-refractivity contribution is 0.392. The molecule has 0 aliphatic carbocycles. The van der Waals surface area contributed by atoms with Crippen LogP contribution < -0.4 is 0 Å². The van der Waals surface area contributed by atoms with Crippen LogP contribution in [-0.4, -0.2) is 5.16 Å². The zero-order valence-corrected chi connectivity index (χ0v) is 10.7. The van der Waals surface area contributed by atoms with Gasteiger partial charge in [0, 0.05) is 17.1 Å². The Balaban J connectivity index is 1.95. The molecule has 0 radical (unpaired) electrons. The SMILES string of the molecule is Cc1noc(C)c1CSCc1ccccc1F. The van der Waals surface area contributed by atoms with Crippen molar-refractivity contribution in [1.82, 2.24) is 5.16 Å². The molecule has 0 fully saturated rings. The molecule has 90 valence electrons. The second-order valence-corrected chi connectivity index (χ2v) is 4.87. The standard InChI is InChI=1S/C13H14FNOS/c1-9-12(10(2)16-15-9)8-17-7-11-5-3-4-6-13(11)14/h3-6H,7-8H2,1-2H3. The van der Waals surface area contributed by atoms with Gasteiger partial charge < -0.3 is 4.52 Å². The Morgan fingerprint density at radius 2 is 2.00 bits per heavy atom. The van der Waals surface area contributed by atoms with Crippen LogP contribution in [0.4, 0.5) is 4.39 Å². The maximum absolute atomic E-state index is 13.4. The third-order valence-corrected chi connectivity index (χ3v) is 3.65. The highest BCUT2D eigenvalue weighted by molar-refractivity contribution is 7.97. The number of hydrogen-bond acceptors (Lipinski definition) is 3. The number of nitrogens with zero attached hydrogens (tertiary/aromatic N) is 1. The Kier molecular flexibility index (Phi) is 3.84. The number of benzene rings is 1. The molecule has 0 aliphatic rings. The van der Waals surface area contributed by atoms with Gasteiger partial charge in [0.25, 0.3) is 0 Å². The molecule has 0 saturated heterocycles. The molecular formula is C13H14FNOS. The molecule has 1 aromatic heterocycles. The summed E-state index contributed by atoms with van der Waals surface area (Å²) in [6, 6.07) is 6.87. The van der Waals surface area contributed by atoms with E-state index in [2.05, 4.69) is 5.16 Å². The van der Waals surface area contributed by atoms with Crippen LogP contribution in [-0.2, 0) is 11.5 Å². The average Bonchev–Trinajstić information content (AvgIpc) is 2.63. The lowest BCUT2D eigenvalue weighted by Crippen LogP contribution is -1.89. The molecule has 2 nitrogen and oxygen atoms in total. The van der Waals surface area contributed by atoms with Gasteiger partial charge in [-0.05, 0) is 25.5 Å². The monoisotopic (exact) mass is 251 g/mol. The molecule has 0 bridgehead atoms. The van der Waals surface area contributed by atoms with Gasteiger partial charge in [0.05, 0.1) is 5.69 Å². The Labute approximate surface area is 104 Å². The number of aryl methyl sites for hydroxylation is 2. The van der Waals surface area contributed by atoms with E-state index in [-0.39, 0.29) is 5.82 Å². The summed E-state index contributed by atoms with van der Waals surface area (Å²) < 4.78 is 18.5. The summed E-state index contributed by atoms with van der Waals surface area (Å²) in [5.74, 6) is 2.17. The summed E-state index contributed by atoms with van der Waals surface area (Å²) in [7, 11) is 0. The second-order valence-electron chi connectivity index (χ2n) is 3.89. The Hall–Kier alpha value is -1.29. The fourth-order valence-electron chi connectivity index (χ4n) is 1.59. The van der Waals surface area contributed by atoms with E-state index in [1.807, 2.05) is 26.0 Å². The number of halogens is 1. The van der Waals surface area contributed by atoms with Crippen molar-refractivity contribution < 1.29 is 8.91 Å². The molecule has 0 atom stereocenters. The second kappa shape index (κ2) is 5.36. The molecule has 0 unspecified atom stereocenters. The highest BCUT2D eigenvalue weighted by Gasteiger charge is 2.09. The maximum Gasteiger partial charge on any atom is 0.137 e. The van der Waals surface area contributed by atoms with Crippen LogP contribution in [0, 0.1) is 19.7 Å². The van der Waals surface area contributed by atoms with Gasteiger partial charge in [-0.25, -0.2) is 4.39 Å². The fraction of sp³-hybridized carbons (Fsp3) is 0.308. The van der Waals surface area contributed by atoms with Gasteiger partial charge in [-0.1, -0.05) is 23.4 Å². The van der Waals surface area contributed by atoms with Crippen LogP contribution in [0.5, 0.6) is 0 Å². The zero-order chi connectivity index (χ0) is 12.3. The number of rotatable bonds is 4. The molecule has 1 aromatic carbocycles. The molecular weight excluding hydrogens is 237 g/mol. The smallest absolute Gasteiger partial charge is 0.137 e. The van der Waals surface area contributed by atoms with Crippen molar-refractivity contribution in [2.75, 3.05) is 0 Å². The molecule has 4 heteroatoms. The van der Waals surface area contributed by atoms with Gasteiger partial charge in [0.15, 0.2) is 0 Å². The van der Waals surface area contributed by atoms with E-state index < -0.39 is 0 Å². The maximum atomic E-state index is 13.4. The first kappa shape index (κ1) is 12.2. The van der Waals surface area contributed by atoms with Crippen LogP contribution in [0.1, 0.15) is 22.6 Å². The van der Waals surface area contributed by atoms with E-state index in [0.717, 1.165) is 28.3 Å². The normalized spacial score (nSPS) is 10.8. The highest BCUT2D eigenvalue weighted by atomic mass is 32.2. The average molecular weight is 251 g/mol. The van der Waals surface area contributed by atoms with Crippen LogP contribution in [0.25, 0.3) is 0 Å². The minimum Gasteiger partial charge on any atom is -0.361 e. The predicted octanol–water partition coefficient (Wildman–Crippen LogP) is 3.86. The van der Waals surface area contributed by atoms with Crippen molar-refractivity contribution in [3.8, 4) is 0 Å². The lowest BCUT2D eigenvalue weighted by atomic mass is 10.2. The van der Waals surface area contributed by atoms with Crippen molar-refractivity contribution in [1.29, 1.82) is 0 Å². The van der Waals surface area contributed by atoms with E-state index in [1.54, 1.807) is 17.8 Å². The van der Waals surface area contributed by atoms with Crippen LogP contribution in [0.15, 0.2) is 28.8 Å². The summed E-state index contributed by atoms with van der Waals surface area (Å²) in [4.78, 5) is 0. The number of aromatic nitrogens is 1. The summed E-state index contributed by atoms with van der Waals surface area (Å²) in [6.45, 7) is 3.83. The van der Waals surface area contributed by atoms with Crippen molar-refractivity contribution in [3.05, 3.63) is 52.7 Å². The minimum atomic E-state index is -0.140. The Morgan fingerprint density at radius 3 is 2.65 bits per heavy atom. The summed E-state index contributed by atoms with van der Waals surface area (Å²) in [6.07, 6.45) is 0. The zero-order valence-electron chi connectivity index (χ0n) is 9.87. The van der Waals surface area contributed by atoms with Crippen molar-refractivity contribution in [3.63, 3.8) is 0 Å². The first-order chi connectivity index (χ1) is 8.18. The van der Waals surface area contributed by atoms with Gasteiger partial charge in [-0.2, -0.15) is 11.8 Å². The molecule has 0 N–H and O–H groups in total. The quantitative estimate of drug-likeness (QED) is 0.825. The van der Waals surface area contributed by atoms with Crippen LogP contribution in [0.3, 0.4) is 0 Å². The van der Waals surface area contributed by atoms with E-state index in [4.69, 9.17) is 4.52 Å². The van der Waals surface area contributed by atoms with Gasteiger partial charge in [-0.15, -0.1) is 0 Å². The van der Waals surface area contributed by atoms with E-state index >= 15 is 0 Å². The first-order valence-electron chi connectivity index (χ1n) is 5.41. The molecule has 2 aromatic rings. The van der Waals surface area contributed by atoms with Crippen LogP contribution >= 0.6 is 11.8 Å². The number of hydrogen-bond donors (Lipinski definition) is 0. The minimum absolute atomic E-state index is 0.140. The third-order valence-electron chi connectivity index (χ3n) is 2.64. The lowest BCUT2D eigenvalue weighted by Gasteiger charge is -2.03. The largest absolute Gasteiger partial charge is 0.361 e. The summed E-state index contributed by atoms with van der Waals surface area (Å²) in [5, 5.41) is 3.90. The predicted molar refractivity (Wildman–Crippen MR) is 67.4 cm³/mol. The molecule has 2 rings (SSSR count). The molecule has 17 heavy (non-hydrogen) atoms. The molecule has 1 heterocycles. The van der Waals surface area contributed by atoms with E-state index in [0.29, 0.717) is 5.75 Å². The van der Waals surface area contributed by atoms with Gasteiger partial charge in [-0.3, -0.25) is 0 Å². The summed E-state index contributed by atoms with van der Waals surface area (Å²) in [5.41, 5.74) is 2.78. The highest BCUT2D eigenvalue weighted by Crippen LogP contribution is 2.23. The van der Waals surface area contributed by atoms with E-state index in [9.17, 15) is 4.39 Å². The van der Waals surface area contributed by atoms with E-state index in [1.165, 1.54) is 6.07 Å². The molecule has 0 aliphatic heterocycles. The Bertz CT molecular complexity index is 490. The van der Waals surface area contributed by atoms with Gasteiger partial charge >= 0.3 is 0 Å². The summed E-state index contributed by atoms with van der Waals surface area (Å²) >= 11 is 1.67. The molecule has 0 saturated carbocycles. The van der Waals surface area contributed by atoms with Crippen LogP contribution in [0.2, 0.25) is 0 Å². The molecule has 0 spiro atoms.